The molecule has 0 heterocycles. The minimum Gasteiger partial charge on any atom is -0.469 e. The summed E-state index contributed by atoms with van der Waals surface area (Å²) in [5.41, 5.74) is 0.700. The van der Waals surface area contributed by atoms with E-state index in [-0.39, 0.29) is 18.3 Å². The molecule has 4 nitrogen and oxygen atoms in total. The van der Waals surface area contributed by atoms with Crippen molar-refractivity contribution in [3.05, 3.63) is 39.9 Å². The van der Waals surface area contributed by atoms with Crippen molar-refractivity contribution in [1.82, 2.24) is 4.90 Å². The average Bonchev–Trinajstić information content (AvgIpc) is 2.42. The normalized spacial score (nSPS) is 10.6. The number of carbonyl (C=O) groups is 2. The first-order valence-corrected chi connectivity index (χ1v) is 6.64. The lowest BCUT2D eigenvalue weighted by Gasteiger charge is -2.13. The minimum absolute atomic E-state index is 0.161. The van der Waals surface area contributed by atoms with E-state index in [1.807, 2.05) is 0 Å². The molecule has 0 aliphatic rings. The van der Waals surface area contributed by atoms with Crippen LogP contribution in [0.25, 0.3) is 6.08 Å². The number of nitrogens with zero attached hydrogens (tertiary/aromatic N) is 1. The fraction of sp³-hybridized carbons (Fsp3) is 0.286. The molecule has 1 amide bonds. The molecular formula is C14H15Cl2NO3. The quantitative estimate of drug-likeness (QED) is 0.620. The van der Waals surface area contributed by atoms with Gasteiger partial charge in [0.1, 0.15) is 0 Å². The first-order valence-electron chi connectivity index (χ1n) is 5.89. The zero-order valence-corrected chi connectivity index (χ0v) is 12.7. The molecule has 0 radical (unpaired) electrons. The van der Waals surface area contributed by atoms with Gasteiger partial charge in [-0.3, -0.25) is 9.59 Å². The van der Waals surface area contributed by atoms with E-state index in [0.29, 0.717) is 22.2 Å². The van der Waals surface area contributed by atoms with Crippen LogP contribution in [-0.2, 0) is 14.3 Å². The molecule has 0 unspecified atom stereocenters. The number of methoxy groups -OCH3 is 1. The van der Waals surface area contributed by atoms with Crippen LogP contribution in [0, 0.1) is 0 Å². The summed E-state index contributed by atoms with van der Waals surface area (Å²) >= 11 is 11.8. The number of carbonyl (C=O) groups excluding carboxylic acids is 2. The predicted octanol–water partition coefficient (Wildman–Crippen LogP) is 3.03. The Kier molecular flexibility index (Phi) is 6.55. The molecule has 1 aromatic rings. The number of rotatable bonds is 5. The Labute approximate surface area is 127 Å². The van der Waals surface area contributed by atoms with Gasteiger partial charge in [0.15, 0.2) is 0 Å². The molecule has 0 aliphatic carbocycles. The fourth-order valence-electron chi connectivity index (χ4n) is 1.40. The van der Waals surface area contributed by atoms with Crippen LogP contribution in [0.4, 0.5) is 0 Å². The first kappa shape index (κ1) is 16.5. The summed E-state index contributed by atoms with van der Waals surface area (Å²) in [5.74, 6) is -0.575. The maximum absolute atomic E-state index is 11.8. The number of ether oxygens (including phenoxy) is 1. The topological polar surface area (TPSA) is 46.6 Å². The summed E-state index contributed by atoms with van der Waals surface area (Å²) < 4.78 is 4.51. The second kappa shape index (κ2) is 7.92. The van der Waals surface area contributed by atoms with Crippen molar-refractivity contribution in [3.63, 3.8) is 0 Å². The van der Waals surface area contributed by atoms with Gasteiger partial charge in [-0.1, -0.05) is 29.3 Å². The monoisotopic (exact) mass is 315 g/mol. The standard InChI is InChI=1S/C14H15Cl2NO3/c1-17(8-7-14(19)20-2)13(18)6-4-10-3-5-11(15)9-12(10)16/h3-6,9H,7-8H2,1-2H3. The average molecular weight is 316 g/mol. The lowest BCUT2D eigenvalue weighted by molar-refractivity contribution is -0.141. The molecule has 0 N–H and O–H groups in total. The highest BCUT2D eigenvalue weighted by molar-refractivity contribution is 6.35. The summed E-state index contributed by atoms with van der Waals surface area (Å²) in [6.45, 7) is 0.296. The van der Waals surface area contributed by atoms with E-state index in [1.54, 1.807) is 31.3 Å². The van der Waals surface area contributed by atoms with E-state index in [1.165, 1.54) is 18.1 Å². The van der Waals surface area contributed by atoms with Gasteiger partial charge in [-0.25, -0.2) is 0 Å². The molecule has 0 saturated carbocycles. The highest BCUT2D eigenvalue weighted by Gasteiger charge is 2.08. The number of hydrogen-bond acceptors (Lipinski definition) is 3. The van der Waals surface area contributed by atoms with Crippen molar-refractivity contribution in [2.75, 3.05) is 20.7 Å². The van der Waals surface area contributed by atoms with Crippen LogP contribution in [0.1, 0.15) is 12.0 Å². The van der Waals surface area contributed by atoms with E-state index in [2.05, 4.69) is 4.74 Å². The maximum atomic E-state index is 11.8. The zero-order chi connectivity index (χ0) is 15.1. The number of hydrogen-bond donors (Lipinski definition) is 0. The van der Waals surface area contributed by atoms with Gasteiger partial charge in [0.25, 0.3) is 0 Å². The van der Waals surface area contributed by atoms with Crippen LogP contribution in [0.2, 0.25) is 10.0 Å². The van der Waals surface area contributed by atoms with Gasteiger partial charge in [-0.15, -0.1) is 0 Å². The number of likely N-dealkylation sites (N-methyl/N-ethyl adjacent to an activating group) is 1. The number of benzene rings is 1. The summed E-state index contributed by atoms with van der Waals surface area (Å²) in [4.78, 5) is 24.2. The molecular weight excluding hydrogens is 301 g/mol. The maximum Gasteiger partial charge on any atom is 0.307 e. The van der Waals surface area contributed by atoms with Crippen molar-refractivity contribution in [3.8, 4) is 0 Å². The molecule has 0 saturated heterocycles. The van der Waals surface area contributed by atoms with E-state index >= 15 is 0 Å². The molecule has 1 aromatic carbocycles. The van der Waals surface area contributed by atoms with Gasteiger partial charge >= 0.3 is 5.97 Å². The van der Waals surface area contributed by atoms with Gasteiger partial charge < -0.3 is 9.64 Å². The van der Waals surface area contributed by atoms with E-state index < -0.39 is 0 Å². The van der Waals surface area contributed by atoms with Crippen LogP contribution in [0.3, 0.4) is 0 Å². The summed E-state index contributed by atoms with van der Waals surface area (Å²) in [7, 11) is 2.92. The minimum atomic E-state index is -0.352. The largest absolute Gasteiger partial charge is 0.469 e. The SMILES string of the molecule is COC(=O)CCN(C)C(=O)C=Cc1ccc(Cl)cc1Cl. The Morgan fingerprint density at radius 3 is 2.65 bits per heavy atom. The highest BCUT2D eigenvalue weighted by Crippen LogP contribution is 2.21. The number of halogens is 2. The second-order valence-corrected chi connectivity index (χ2v) is 4.93. The van der Waals surface area contributed by atoms with Gasteiger partial charge in [0.2, 0.25) is 5.91 Å². The zero-order valence-electron chi connectivity index (χ0n) is 11.2. The Morgan fingerprint density at radius 1 is 1.35 bits per heavy atom. The third-order valence-corrected chi connectivity index (χ3v) is 3.19. The molecule has 0 aliphatic heterocycles. The van der Waals surface area contributed by atoms with Crippen molar-refractivity contribution >= 4 is 41.2 Å². The van der Waals surface area contributed by atoms with Crippen molar-refractivity contribution in [2.24, 2.45) is 0 Å². The van der Waals surface area contributed by atoms with Crippen molar-refractivity contribution < 1.29 is 14.3 Å². The van der Waals surface area contributed by atoms with E-state index in [4.69, 9.17) is 23.2 Å². The lowest BCUT2D eigenvalue weighted by Crippen LogP contribution is -2.27. The van der Waals surface area contributed by atoms with Gasteiger partial charge in [-0.2, -0.15) is 0 Å². The Balaban J connectivity index is 2.60. The lowest BCUT2D eigenvalue weighted by atomic mass is 10.2. The van der Waals surface area contributed by atoms with Crippen LogP contribution >= 0.6 is 23.2 Å². The summed E-state index contributed by atoms with van der Waals surface area (Å²) in [5, 5.41) is 1.01. The van der Waals surface area contributed by atoms with Crippen molar-refractivity contribution in [2.45, 2.75) is 6.42 Å². The summed E-state index contributed by atoms with van der Waals surface area (Å²) in [6, 6.07) is 5.02. The molecule has 1 rings (SSSR count). The molecule has 20 heavy (non-hydrogen) atoms. The first-order chi connectivity index (χ1) is 9.43. The third kappa shape index (κ3) is 5.23. The van der Waals surface area contributed by atoms with Gasteiger partial charge in [-0.05, 0) is 23.8 Å². The molecule has 108 valence electrons. The Bertz CT molecular complexity index is 529. The molecule has 0 fully saturated rings. The van der Waals surface area contributed by atoms with E-state index in [9.17, 15) is 9.59 Å². The van der Waals surface area contributed by atoms with Crippen LogP contribution in [0.15, 0.2) is 24.3 Å². The van der Waals surface area contributed by atoms with Gasteiger partial charge in [0, 0.05) is 29.7 Å². The summed E-state index contributed by atoms with van der Waals surface area (Å²) in [6.07, 6.45) is 3.16. The predicted molar refractivity (Wildman–Crippen MR) is 79.8 cm³/mol. The number of esters is 1. The third-order valence-electron chi connectivity index (χ3n) is 2.62. The van der Waals surface area contributed by atoms with Gasteiger partial charge in [0.05, 0.1) is 13.5 Å². The number of amides is 1. The fourth-order valence-corrected chi connectivity index (χ4v) is 1.87. The van der Waals surface area contributed by atoms with Crippen LogP contribution < -0.4 is 0 Å². The van der Waals surface area contributed by atoms with Crippen LogP contribution in [0.5, 0.6) is 0 Å². The Hall–Kier alpha value is -1.52. The Morgan fingerprint density at radius 2 is 2.05 bits per heavy atom. The van der Waals surface area contributed by atoms with Crippen LogP contribution in [-0.4, -0.2) is 37.5 Å². The second-order valence-electron chi connectivity index (χ2n) is 4.09. The molecule has 0 atom stereocenters. The van der Waals surface area contributed by atoms with E-state index in [0.717, 1.165) is 0 Å². The smallest absolute Gasteiger partial charge is 0.307 e. The molecule has 0 spiro atoms. The molecule has 6 heteroatoms. The molecule has 0 aromatic heterocycles. The highest BCUT2D eigenvalue weighted by atomic mass is 35.5. The molecule has 0 bridgehead atoms. The van der Waals surface area contributed by atoms with Crippen molar-refractivity contribution in [1.29, 1.82) is 0 Å².